The van der Waals surface area contributed by atoms with Gasteiger partial charge in [-0.05, 0) is 69.1 Å². The molecule has 2 aliphatic carbocycles. The normalized spacial score (nSPS) is 25.9. The average Bonchev–Trinajstić information content (AvgIpc) is 2.80. The van der Waals surface area contributed by atoms with Crippen LogP contribution in [0.4, 0.5) is 0 Å². The van der Waals surface area contributed by atoms with Gasteiger partial charge in [0.15, 0.2) is 0 Å². The summed E-state index contributed by atoms with van der Waals surface area (Å²) in [6.45, 7) is 7.04. The zero-order valence-corrected chi connectivity index (χ0v) is 14.0. The highest BCUT2D eigenvalue weighted by Gasteiger charge is 2.24. The molecule has 116 valence electrons. The van der Waals surface area contributed by atoms with Crippen LogP contribution in [-0.2, 0) is 25.7 Å². The molecule has 3 rings (SSSR count). The number of aryl methyl sites for hydroxylation is 3. The summed E-state index contributed by atoms with van der Waals surface area (Å²) in [5.74, 6) is 2.44. The Morgan fingerprint density at radius 2 is 1.52 bits per heavy atom. The molecule has 0 saturated carbocycles. The van der Waals surface area contributed by atoms with Crippen molar-refractivity contribution in [3.8, 4) is 0 Å². The standard InChI is InChI=1S/C19H30N2/c1-4-14-8-10-17-18(11-9-14)21-19-12-15(13(2)3)6-5-7-16(19)20-17/h13-15H,4-12H2,1-3H3. The van der Waals surface area contributed by atoms with Crippen molar-refractivity contribution >= 4 is 0 Å². The summed E-state index contributed by atoms with van der Waals surface area (Å²) < 4.78 is 0. The number of rotatable bonds is 2. The van der Waals surface area contributed by atoms with E-state index in [1.807, 2.05) is 0 Å². The fourth-order valence-electron chi connectivity index (χ4n) is 4.03. The molecule has 1 heterocycles. The SMILES string of the molecule is CCC1CCc2nc3c(nc2CC1)CC(C(C)C)CCC3. The highest BCUT2D eigenvalue weighted by molar-refractivity contribution is 5.23. The van der Waals surface area contributed by atoms with Gasteiger partial charge in [-0.3, -0.25) is 9.97 Å². The molecule has 1 aromatic heterocycles. The van der Waals surface area contributed by atoms with Gasteiger partial charge < -0.3 is 0 Å². The highest BCUT2D eigenvalue weighted by Crippen LogP contribution is 2.30. The van der Waals surface area contributed by atoms with Crippen LogP contribution < -0.4 is 0 Å². The van der Waals surface area contributed by atoms with Gasteiger partial charge in [-0.1, -0.05) is 27.2 Å². The van der Waals surface area contributed by atoms with Gasteiger partial charge in [-0.15, -0.1) is 0 Å². The van der Waals surface area contributed by atoms with E-state index in [2.05, 4.69) is 20.8 Å². The molecule has 0 aromatic carbocycles. The lowest BCUT2D eigenvalue weighted by molar-refractivity contribution is 0.355. The first-order chi connectivity index (χ1) is 10.2. The predicted octanol–water partition coefficient (Wildman–Crippen LogP) is 4.53. The molecule has 1 aromatic rings. The summed E-state index contributed by atoms with van der Waals surface area (Å²) in [7, 11) is 0. The molecule has 2 unspecified atom stereocenters. The molecule has 2 nitrogen and oxygen atoms in total. The Morgan fingerprint density at radius 1 is 0.905 bits per heavy atom. The van der Waals surface area contributed by atoms with Crippen LogP contribution in [-0.4, -0.2) is 9.97 Å². The fourth-order valence-corrected chi connectivity index (χ4v) is 4.03. The molecule has 0 N–H and O–H groups in total. The third-order valence-electron chi connectivity index (χ3n) is 5.75. The molecular weight excluding hydrogens is 256 g/mol. The molecule has 2 heteroatoms. The van der Waals surface area contributed by atoms with E-state index in [1.165, 1.54) is 54.9 Å². The van der Waals surface area contributed by atoms with Gasteiger partial charge in [-0.25, -0.2) is 0 Å². The van der Waals surface area contributed by atoms with E-state index in [0.29, 0.717) is 0 Å². The van der Waals surface area contributed by atoms with Crippen molar-refractivity contribution in [1.82, 2.24) is 9.97 Å². The fraction of sp³-hybridized carbons (Fsp3) is 0.789. The maximum atomic E-state index is 5.11. The first-order valence-corrected chi connectivity index (χ1v) is 9.05. The van der Waals surface area contributed by atoms with E-state index < -0.39 is 0 Å². The molecule has 2 atom stereocenters. The first kappa shape index (κ1) is 15.0. The number of hydrogen-bond donors (Lipinski definition) is 0. The number of hydrogen-bond acceptors (Lipinski definition) is 2. The summed E-state index contributed by atoms with van der Waals surface area (Å²) in [5, 5.41) is 0. The van der Waals surface area contributed by atoms with Crippen LogP contribution in [0.2, 0.25) is 0 Å². The van der Waals surface area contributed by atoms with Gasteiger partial charge in [0.2, 0.25) is 0 Å². The van der Waals surface area contributed by atoms with Crippen molar-refractivity contribution in [2.75, 3.05) is 0 Å². The van der Waals surface area contributed by atoms with E-state index in [9.17, 15) is 0 Å². The summed E-state index contributed by atoms with van der Waals surface area (Å²) in [5.41, 5.74) is 5.31. The molecule has 2 aliphatic rings. The largest absolute Gasteiger partial charge is 0.254 e. The zero-order chi connectivity index (χ0) is 14.8. The van der Waals surface area contributed by atoms with Gasteiger partial charge in [0.05, 0.1) is 22.8 Å². The zero-order valence-electron chi connectivity index (χ0n) is 14.0. The number of fused-ring (bicyclic) bond motifs is 2. The smallest absolute Gasteiger partial charge is 0.0625 e. The molecule has 0 fully saturated rings. The topological polar surface area (TPSA) is 25.8 Å². The lowest BCUT2D eigenvalue weighted by Crippen LogP contribution is -2.14. The summed E-state index contributed by atoms with van der Waals surface area (Å²) >= 11 is 0. The minimum atomic E-state index is 0.765. The third kappa shape index (κ3) is 3.30. The Balaban J connectivity index is 1.87. The van der Waals surface area contributed by atoms with Gasteiger partial charge in [-0.2, -0.15) is 0 Å². The van der Waals surface area contributed by atoms with E-state index >= 15 is 0 Å². The Labute approximate surface area is 129 Å². The van der Waals surface area contributed by atoms with Crippen molar-refractivity contribution < 1.29 is 0 Å². The minimum absolute atomic E-state index is 0.765. The maximum absolute atomic E-state index is 5.11. The van der Waals surface area contributed by atoms with Crippen molar-refractivity contribution in [3.05, 3.63) is 22.8 Å². The number of aromatic nitrogens is 2. The van der Waals surface area contributed by atoms with E-state index in [1.54, 1.807) is 0 Å². The lowest BCUT2D eigenvalue weighted by Gasteiger charge is -2.18. The molecule has 0 radical (unpaired) electrons. The molecule has 21 heavy (non-hydrogen) atoms. The van der Waals surface area contributed by atoms with Crippen LogP contribution in [0, 0.1) is 17.8 Å². The Kier molecular flexibility index (Phi) is 4.61. The van der Waals surface area contributed by atoms with Gasteiger partial charge in [0.1, 0.15) is 0 Å². The van der Waals surface area contributed by atoms with Crippen LogP contribution >= 0.6 is 0 Å². The van der Waals surface area contributed by atoms with Crippen molar-refractivity contribution in [2.24, 2.45) is 17.8 Å². The molecule has 0 saturated heterocycles. The minimum Gasteiger partial charge on any atom is -0.254 e. The molecule has 0 aliphatic heterocycles. The lowest BCUT2D eigenvalue weighted by atomic mass is 9.88. The van der Waals surface area contributed by atoms with Gasteiger partial charge in [0, 0.05) is 0 Å². The second-order valence-corrected chi connectivity index (χ2v) is 7.46. The van der Waals surface area contributed by atoms with Crippen LogP contribution in [0.15, 0.2) is 0 Å². The van der Waals surface area contributed by atoms with Crippen LogP contribution in [0.5, 0.6) is 0 Å². The third-order valence-corrected chi connectivity index (χ3v) is 5.75. The molecule has 0 bridgehead atoms. The summed E-state index contributed by atoms with van der Waals surface area (Å²) in [6, 6.07) is 0. The van der Waals surface area contributed by atoms with Crippen LogP contribution in [0.25, 0.3) is 0 Å². The predicted molar refractivity (Wildman–Crippen MR) is 87.4 cm³/mol. The summed E-state index contributed by atoms with van der Waals surface area (Å²) in [4.78, 5) is 10.2. The maximum Gasteiger partial charge on any atom is 0.0625 e. The quantitative estimate of drug-likeness (QED) is 0.746. The van der Waals surface area contributed by atoms with E-state index in [4.69, 9.17) is 9.97 Å². The Bertz CT molecular complexity index is 493. The van der Waals surface area contributed by atoms with Crippen molar-refractivity contribution in [3.63, 3.8) is 0 Å². The second kappa shape index (κ2) is 6.46. The second-order valence-electron chi connectivity index (χ2n) is 7.46. The monoisotopic (exact) mass is 286 g/mol. The van der Waals surface area contributed by atoms with Crippen molar-refractivity contribution in [2.45, 2.75) is 78.6 Å². The average molecular weight is 286 g/mol. The van der Waals surface area contributed by atoms with Crippen LogP contribution in [0.1, 0.15) is 75.7 Å². The first-order valence-electron chi connectivity index (χ1n) is 9.05. The molecule has 0 spiro atoms. The Morgan fingerprint density at radius 3 is 2.14 bits per heavy atom. The van der Waals surface area contributed by atoms with Gasteiger partial charge >= 0.3 is 0 Å². The molecule has 0 amide bonds. The van der Waals surface area contributed by atoms with E-state index in [-0.39, 0.29) is 0 Å². The summed E-state index contributed by atoms with van der Waals surface area (Å²) in [6.07, 6.45) is 11.2. The van der Waals surface area contributed by atoms with Crippen LogP contribution in [0.3, 0.4) is 0 Å². The van der Waals surface area contributed by atoms with Gasteiger partial charge in [0.25, 0.3) is 0 Å². The highest BCUT2D eigenvalue weighted by atomic mass is 14.9. The Hall–Kier alpha value is -0.920. The van der Waals surface area contributed by atoms with E-state index in [0.717, 1.165) is 43.4 Å². The number of nitrogens with zero attached hydrogens (tertiary/aromatic N) is 2. The van der Waals surface area contributed by atoms with Crippen molar-refractivity contribution in [1.29, 1.82) is 0 Å². The molecular formula is C19H30N2.